The minimum Gasteiger partial charge on any atom is -0.457 e. The summed E-state index contributed by atoms with van der Waals surface area (Å²) in [7, 11) is 0. The molecule has 2 atom stereocenters. The molecule has 2 aliphatic heterocycles. The first-order valence-corrected chi connectivity index (χ1v) is 9.66. The molecule has 2 aliphatic rings. The van der Waals surface area contributed by atoms with Crippen LogP contribution in [0.1, 0.15) is 46.0 Å². The number of cyclic esters (lactones) is 2. The van der Waals surface area contributed by atoms with Crippen molar-refractivity contribution >= 4 is 36.0 Å². The second-order valence-electron chi connectivity index (χ2n) is 6.37. The fourth-order valence-corrected chi connectivity index (χ4v) is 3.93. The van der Waals surface area contributed by atoms with Crippen LogP contribution < -0.4 is 0 Å². The van der Waals surface area contributed by atoms with Gasteiger partial charge in [-0.2, -0.15) is 0 Å². The first-order chi connectivity index (χ1) is 10.9. The zero-order chi connectivity index (χ0) is 16.8. The summed E-state index contributed by atoms with van der Waals surface area (Å²) in [5, 5.41) is 0. The Bertz CT molecular complexity index is 394. The predicted molar refractivity (Wildman–Crippen MR) is 88.9 cm³/mol. The quantitative estimate of drug-likeness (QED) is 0.333. The molecule has 2 saturated heterocycles. The summed E-state index contributed by atoms with van der Waals surface area (Å²) in [6.07, 6.45) is 3.35. The maximum absolute atomic E-state index is 11.1. The maximum atomic E-state index is 11.1. The van der Waals surface area contributed by atoms with Gasteiger partial charge in [-0.25, -0.2) is 0 Å². The Morgan fingerprint density at radius 2 is 1.35 bits per heavy atom. The van der Waals surface area contributed by atoms with Crippen LogP contribution in [0.25, 0.3) is 0 Å². The molecule has 0 spiro atoms. The Morgan fingerprint density at radius 1 is 0.913 bits per heavy atom. The first-order valence-electron chi connectivity index (χ1n) is 7.83. The lowest BCUT2D eigenvalue weighted by Crippen LogP contribution is -2.29. The summed E-state index contributed by atoms with van der Waals surface area (Å²) in [6.45, 7) is 4.66. The molecule has 0 amide bonds. The molecule has 0 aromatic heterocycles. The van der Waals surface area contributed by atoms with E-state index in [1.165, 1.54) is 24.1 Å². The summed E-state index contributed by atoms with van der Waals surface area (Å²) >= 11 is 2.79. The van der Waals surface area contributed by atoms with Crippen LogP contribution in [0.3, 0.4) is 0 Å². The van der Waals surface area contributed by atoms with E-state index in [9.17, 15) is 9.59 Å². The minimum absolute atomic E-state index is 0.142. The number of rotatable bonds is 10. The van der Waals surface area contributed by atoms with Crippen LogP contribution in [0.2, 0.25) is 0 Å². The van der Waals surface area contributed by atoms with Crippen molar-refractivity contribution in [3.63, 3.8) is 0 Å². The molecule has 2 rings (SSSR count). The molecule has 6 nitrogen and oxygen atoms in total. The molecule has 0 saturated carbocycles. The van der Waals surface area contributed by atoms with Crippen LogP contribution in [0, 0.1) is 0 Å². The van der Waals surface area contributed by atoms with Crippen LogP contribution in [0.15, 0.2) is 0 Å². The molecule has 0 radical (unpaired) electrons. The number of hydrogen-bond donors (Lipinski definition) is 0. The van der Waals surface area contributed by atoms with Gasteiger partial charge in [0.1, 0.15) is 24.4 Å². The summed E-state index contributed by atoms with van der Waals surface area (Å²) in [4.78, 5) is 22.2. The maximum Gasteiger partial charge on any atom is 0.306 e. The Balaban J connectivity index is 1.41. The van der Waals surface area contributed by atoms with Gasteiger partial charge in [0, 0.05) is 24.3 Å². The second-order valence-corrected chi connectivity index (χ2v) is 8.13. The Hall–Kier alpha value is -0.440. The highest BCUT2D eigenvalue weighted by Gasteiger charge is 2.37. The Labute approximate surface area is 145 Å². The van der Waals surface area contributed by atoms with E-state index in [0.717, 1.165) is 30.8 Å². The van der Waals surface area contributed by atoms with E-state index in [0.29, 0.717) is 26.1 Å². The fraction of sp³-hybridized carbons (Fsp3) is 0.867. The monoisotopic (exact) mass is 364 g/mol. The minimum atomic E-state index is -0.462. The average molecular weight is 364 g/mol. The van der Waals surface area contributed by atoms with E-state index in [1.807, 2.05) is 13.8 Å². The van der Waals surface area contributed by atoms with Crippen molar-refractivity contribution in [2.45, 2.75) is 57.2 Å². The van der Waals surface area contributed by atoms with Crippen LogP contribution >= 0.6 is 24.1 Å². The van der Waals surface area contributed by atoms with Gasteiger partial charge in [-0.3, -0.25) is 9.59 Å². The van der Waals surface area contributed by atoms with E-state index in [2.05, 4.69) is 0 Å². The average Bonchev–Trinajstić information content (AvgIpc) is 3.00. The van der Waals surface area contributed by atoms with Gasteiger partial charge in [-0.05, 0) is 57.2 Å². The van der Waals surface area contributed by atoms with Gasteiger partial charge in [-0.1, -0.05) is 0 Å². The third kappa shape index (κ3) is 6.52. The second kappa shape index (κ2) is 8.60. The number of carbonyl (C=O) groups is 2. The van der Waals surface area contributed by atoms with E-state index in [-0.39, 0.29) is 11.9 Å². The lowest BCUT2D eigenvalue weighted by atomic mass is 10.1. The molecule has 0 N–H and O–H groups in total. The molecule has 0 aromatic carbocycles. The van der Waals surface area contributed by atoms with E-state index < -0.39 is 11.2 Å². The molecule has 2 unspecified atom stereocenters. The van der Waals surface area contributed by atoms with Crippen LogP contribution in [0.4, 0.5) is 0 Å². The molecule has 0 bridgehead atoms. The van der Waals surface area contributed by atoms with Gasteiger partial charge in [0.25, 0.3) is 0 Å². The molecular weight excluding hydrogens is 340 g/mol. The normalized spacial score (nSPS) is 30.5. The van der Waals surface area contributed by atoms with Gasteiger partial charge in [0.05, 0.1) is 0 Å². The standard InChI is InChI=1S/C15H24O6S2/c1-14(6-4-12(16)20-14)10-18-22-8-3-9-23-19-11-15(2)7-5-13(17)21-15/h3-11H2,1-2H3. The fourth-order valence-electron chi connectivity index (χ4n) is 2.32. The highest BCUT2D eigenvalue weighted by Crippen LogP contribution is 2.29. The number of carbonyl (C=O) groups excluding carboxylic acids is 2. The molecule has 132 valence electrons. The van der Waals surface area contributed by atoms with Crippen molar-refractivity contribution in [3.05, 3.63) is 0 Å². The molecular formula is C15H24O6S2. The van der Waals surface area contributed by atoms with E-state index >= 15 is 0 Å². The van der Waals surface area contributed by atoms with Crippen LogP contribution in [-0.2, 0) is 27.4 Å². The summed E-state index contributed by atoms with van der Waals surface area (Å²) in [5.41, 5.74) is -0.924. The van der Waals surface area contributed by atoms with Gasteiger partial charge in [-0.15, -0.1) is 0 Å². The van der Waals surface area contributed by atoms with Crippen molar-refractivity contribution < 1.29 is 27.4 Å². The highest BCUT2D eigenvalue weighted by molar-refractivity contribution is 7.95. The van der Waals surface area contributed by atoms with Crippen molar-refractivity contribution in [2.75, 3.05) is 24.7 Å². The summed E-state index contributed by atoms with van der Waals surface area (Å²) < 4.78 is 21.5. The third-order valence-corrected chi connectivity index (χ3v) is 5.27. The Kier molecular flexibility index (Phi) is 7.06. The Morgan fingerprint density at radius 3 is 1.70 bits per heavy atom. The van der Waals surface area contributed by atoms with Crippen LogP contribution in [-0.4, -0.2) is 47.9 Å². The molecule has 8 heteroatoms. The molecule has 23 heavy (non-hydrogen) atoms. The number of hydrogen-bond acceptors (Lipinski definition) is 8. The van der Waals surface area contributed by atoms with E-state index in [1.54, 1.807) is 0 Å². The zero-order valence-electron chi connectivity index (χ0n) is 13.6. The van der Waals surface area contributed by atoms with Gasteiger partial charge >= 0.3 is 11.9 Å². The predicted octanol–water partition coefficient (Wildman–Crippen LogP) is 2.90. The number of ether oxygens (including phenoxy) is 2. The van der Waals surface area contributed by atoms with Crippen molar-refractivity contribution in [3.8, 4) is 0 Å². The molecule has 0 aromatic rings. The first kappa shape index (κ1) is 18.9. The lowest BCUT2D eigenvalue weighted by molar-refractivity contribution is -0.149. The van der Waals surface area contributed by atoms with Crippen molar-refractivity contribution in [1.29, 1.82) is 0 Å². The SMILES string of the molecule is CC1(COSCCCSOCC2(C)CCC(=O)O2)CCC(=O)O1. The molecule has 2 fully saturated rings. The number of esters is 2. The summed E-state index contributed by atoms with van der Waals surface area (Å²) in [5.74, 6) is 1.42. The highest BCUT2D eigenvalue weighted by atomic mass is 32.2. The van der Waals surface area contributed by atoms with Gasteiger partial charge in [0.2, 0.25) is 0 Å². The molecule has 2 heterocycles. The summed E-state index contributed by atoms with van der Waals surface area (Å²) in [6, 6.07) is 0. The lowest BCUT2D eigenvalue weighted by Gasteiger charge is -2.21. The van der Waals surface area contributed by atoms with Gasteiger partial charge < -0.3 is 17.8 Å². The van der Waals surface area contributed by atoms with Crippen molar-refractivity contribution in [1.82, 2.24) is 0 Å². The van der Waals surface area contributed by atoms with Gasteiger partial charge in [0.15, 0.2) is 0 Å². The third-order valence-electron chi connectivity index (χ3n) is 3.79. The largest absolute Gasteiger partial charge is 0.457 e. The van der Waals surface area contributed by atoms with Crippen LogP contribution in [0.5, 0.6) is 0 Å². The smallest absolute Gasteiger partial charge is 0.306 e. The van der Waals surface area contributed by atoms with Crippen molar-refractivity contribution in [2.24, 2.45) is 0 Å². The molecule has 0 aliphatic carbocycles. The van der Waals surface area contributed by atoms with E-state index in [4.69, 9.17) is 17.8 Å². The zero-order valence-corrected chi connectivity index (χ0v) is 15.3. The topological polar surface area (TPSA) is 71.1 Å².